The van der Waals surface area contributed by atoms with Crippen molar-refractivity contribution >= 4 is 23.4 Å². The van der Waals surface area contributed by atoms with E-state index in [2.05, 4.69) is 67.5 Å². The quantitative estimate of drug-likeness (QED) is 0.556. The van der Waals surface area contributed by atoms with E-state index in [1.54, 1.807) is 6.33 Å². The monoisotopic (exact) mass is 394 g/mol. The highest BCUT2D eigenvalue weighted by molar-refractivity contribution is 7.99. The van der Waals surface area contributed by atoms with Gasteiger partial charge in [0.2, 0.25) is 5.91 Å². The molecule has 0 aliphatic heterocycles. The van der Waals surface area contributed by atoms with Crippen molar-refractivity contribution in [2.24, 2.45) is 0 Å². The van der Waals surface area contributed by atoms with Crippen molar-refractivity contribution < 1.29 is 4.79 Å². The molecule has 3 aromatic rings. The lowest BCUT2D eigenvalue weighted by Gasteiger charge is -2.13. The molecule has 0 aliphatic rings. The fourth-order valence-corrected chi connectivity index (χ4v) is 3.68. The molecule has 0 saturated carbocycles. The van der Waals surface area contributed by atoms with E-state index >= 15 is 0 Å². The number of amides is 1. The highest BCUT2D eigenvalue weighted by atomic mass is 32.2. The first-order valence-corrected chi connectivity index (χ1v) is 10.5. The van der Waals surface area contributed by atoms with Gasteiger partial charge in [-0.05, 0) is 41.2 Å². The fourth-order valence-electron chi connectivity index (χ4n) is 2.95. The van der Waals surface area contributed by atoms with Crippen molar-refractivity contribution in [1.82, 2.24) is 14.8 Å². The Morgan fingerprint density at radius 3 is 2.43 bits per heavy atom. The first kappa shape index (κ1) is 20.1. The van der Waals surface area contributed by atoms with Crippen LogP contribution in [0.15, 0.2) is 60.0 Å². The lowest BCUT2D eigenvalue weighted by Crippen LogP contribution is -2.16. The molecule has 0 unspecified atom stereocenters. The number of nitrogens with one attached hydrogen (secondary N) is 1. The third-order valence-corrected chi connectivity index (χ3v) is 5.49. The Kier molecular flexibility index (Phi) is 6.52. The summed E-state index contributed by atoms with van der Waals surface area (Å²) in [6.45, 7) is 8.58. The second-order valence-electron chi connectivity index (χ2n) is 7.31. The van der Waals surface area contributed by atoms with Gasteiger partial charge in [-0.25, -0.2) is 0 Å². The van der Waals surface area contributed by atoms with Crippen LogP contribution in [0.3, 0.4) is 0 Å². The van der Waals surface area contributed by atoms with Gasteiger partial charge in [0.1, 0.15) is 6.33 Å². The smallest absolute Gasteiger partial charge is 0.234 e. The first-order chi connectivity index (χ1) is 13.5. The van der Waals surface area contributed by atoms with Gasteiger partial charge in [0.25, 0.3) is 0 Å². The maximum atomic E-state index is 12.5. The molecule has 0 spiro atoms. The number of anilines is 1. The van der Waals surface area contributed by atoms with Crippen LogP contribution in [0, 0.1) is 0 Å². The number of carbonyl (C=O) groups is 1. The van der Waals surface area contributed by atoms with Crippen LogP contribution in [-0.4, -0.2) is 26.4 Å². The van der Waals surface area contributed by atoms with Crippen molar-refractivity contribution in [2.45, 2.75) is 44.7 Å². The summed E-state index contributed by atoms with van der Waals surface area (Å²) in [6.07, 6.45) is 1.68. The molecule has 1 N–H and O–H groups in total. The van der Waals surface area contributed by atoms with Gasteiger partial charge in [-0.3, -0.25) is 9.36 Å². The summed E-state index contributed by atoms with van der Waals surface area (Å²) in [4.78, 5) is 12.5. The van der Waals surface area contributed by atoms with Gasteiger partial charge in [0.05, 0.1) is 5.75 Å². The summed E-state index contributed by atoms with van der Waals surface area (Å²) in [5, 5.41) is 11.9. The molecule has 146 valence electrons. The van der Waals surface area contributed by atoms with Crippen molar-refractivity contribution in [3.63, 3.8) is 0 Å². The Morgan fingerprint density at radius 1 is 1.04 bits per heavy atom. The van der Waals surface area contributed by atoms with E-state index in [-0.39, 0.29) is 11.7 Å². The summed E-state index contributed by atoms with van der Waals surface area (Å²) in [7, 11) is 0. The number of thioether (sulfide) groups is 1. The van der Waals surface area contributed by atoms with E-state index in [0.29, 0.717) is 17.0 Å². The molecule has 6 heteroatoms. The molecule has 0 saturated heterocycles. The molecule has 0 bridgehead atoms. The highest BCUT2D eigenvalue weighted by Crippen LogP contribution is 2.25. The molecule has 1 heterocycles. The van der Waals surface area contributed by atoms with Gasteiger partial charge < -0.3 is 5.32 Å². The van der Waals surface area contributed by atoms with Crippen LogP contribution in [0.4, 0.5) is 5.69 Å². The largest absolute Gasteiger partial charge is 0.325 e. The molecule has 0 fully saturated rings. The third-order valence-electron chi connectivity index (χ3n) is 4.54. The summed E-state index contributed by atoms with van der Waals surface area (Å²) < 4.78 is 1.91. The van der Waals surface area contributed by atoms with Crippen LogP contribution in [-0.2, 0) is 4.79 Å². The van der Waals surface area contributed by atoms with Crippen LogP contribution in [0.1, 0.15) is 50.7 Å². The summed E-state index contributed by atoms with van der Waals surface area (Å²) in [5.74, 6) is 1.06. The lowest BCUT2D eigenvalue weighted by atomic mass is 10.0. The predicted octanol–water partition coefficient (Wildman–Crippen LogP) is 5.24. The summed E-state index contributed by atoms with van der Waals surface area (Å²) in [6, 6.07) is 16.3. The Labute approximate surface area is 170 Å². The van der Waals surface area contributed by atoms with Gasteiger partial charge >= 0.3 is 0 Å². The molecule has 0 atom stereocenters. The second-order valence-corrected chi connectivity index (χ2v) is 8.25. The van der Waals surface area contributed by atoms with Gasteiger partial charge in [-0.1, -0.05) is 69.8 Å². The van der Waals surface area contributed by atoms with Crippen molar-refractivity contribution in [3.05, 3.63) is 66.0 Å². The third kappa shape index (κ3) is 4.81. The number of hydrogen-bond donors (Lipinski definition) is 1. The predicted molar refractivity (Wildman–Crippen MR) is 115 cm³/mol. The van der Waals surface area contributed by atoms with E-state index < -0.39 is 0 Å². The maximum Gasteiger partial charge on any atom is 0.234 e. The topological polar surface area (TPSA) is 59.8 Å². The molecule has 5 nitrogen and oxygen atoms in total. The van der Waals surface area contributed by atoms with E-state index in [0.717, 1.165) is 16.9 Å². The second kappa shape index (κ2) is 9.06. The average Bonchev–Trinajstić information content (AvgIpc) is 3.15. The van der Waals surface area contributed by atoms with E-state index in [4.69, 9.17) is 0 Å². The molecule has 0 radical (unpaired) electrons. The standard InChI is InChI=1S/C22H26N4OS/c1-15(2)17-9-11-18(12-10-17)26-14-23-25-22(26)28-13-21(27)24-20-8-6-5-7-19(20)16(3)4/h5-12,14-16H,13H2,1-4H3,(H,24,27). The maximum absolute atomic E-state index is 12.5. The van der Waals surface area contributed by atoms with E-state index in [1.165, 1.54) is 17.3 Å². The lowest BCUT2D eigenvalue weighted by molar-refractivity contribution is -0.113. The van der Waals surface area contributed by atoms with Gasteiger partial charge in [0, 0.05) is 11.4 Å². The number of nitrogens with zero attached hydrogens (tertiary/aromatic N) is 3. The fraction of sp³-hybridized carbons (Fsp3) is 0.318. The number of aromatic nitrogens is 3. The van der Waals surface area contributed by atoms with Gasteiger partial charge in [-0.15, -0.1) is 10.2 Å². The molecular formula is C22H26N4OS. The van der Waals surface area contributed by atoms with Crippen LogP contribution in [0.25, 0.3) is 5.69 Å². The zero-order valence-corrected chi connectivity index (χ0v) is 17.5. The minimum absolute atomic E-state index is 0.0530. The number of benzene rings is 2. The average molecular weight is 395 g/mol. The molecular weight excluding hydrogens is 368 g/mol. The highest BCUT2D eigenvalue weighted by Gasteiger charge is 2.13. The molecule has 28 heavy (non-hydrogen) atoms. The number of carbonyl (C=O) groups excluding carboxylic acids is 1. The van der Waals surface area contributed by atoms with E-state index in [9.17, 15) is 4.79 Å². The van der Waals surface area contributed by atoms with Crippen LogP contribution in [0.5, 0.6) is 0 Å². The Bertz CT molecular complexity index is 932. The van der Waals surface area contributed by atoms with Crippen molar-refractivity contribution in [1.29, 1.82) is 0 Å². The Balaban J connectivity index is 1.66. The molecule has 1 aromatic heterocycles. The normalized spacial score (nSPS) is 11.2. The van der Waals surface area contributed by atoms with Crippen LogP contribution >= 0.6 is 11.8 Å². The molecule has 3 rings (SSSR count). The van der Waals surface area contributed by atoms with Gasteiger partial charge in [0.15, 0.2) is 5.16 Å². The minimum atomic E-state index is -0.0530. The zero-order valence-electron chi connectivity index (χ0n) is 16.7. The minimum Gasteiger partial charge on any atom is -0.325 e. The summed E-state index contributed by atoms with van der Waals surface area (Å²) in [5.41, 5.74) is 4.28. The van der Waals surface area contributed by atoms with Gasteiger partial charge in [-0.2, -0.15) is 0 Å². The van der Waals surface area contributed by atoms with Crippen molar-refractivity contribution in [2.75, 3.05) is 11.1 Å². The van der Waals surface area contributed by atoms with Crippen LogP contribution in [0.2, 0.25) is 0 Å². The summed E-state index contributed by atoms with van der Waals surface area (Å²) >= 11 is 1.38. The Hall–Kier alpha value is -2.60. The number of para-hydroxylation sites is 1. The van der Waals surface area contributed by atoms with E-state index in [1.807, 2.05) is 28.8 Å². The zero-order chi connectivity index (χ0) is 20.1. The SMILES string of the molecule is CC(C)c1ccc(-n2cnnc2SCC(=O)Nc2ccccc2C(C)C)cc1. The molecule has 1 amide bonds. The number of rotatable bonds is 7. The van der Waals surface area contributed by atoms with Crippen LogP contribution < -0.4 is 5.32 Å². The van der Waals surface area contributed by atoms with Crippen molar-refractivity contribution in [3.8, 4) is 5.69 Å². The Morgan fingerprint density at radius 2 is 1.75 bits per heavy atom. The number of hydrogen-bond acceptors (Lipinski definition) is 4. The molecule has 2 aromatic carbocycles. The first-order valence-electron chi connectivity index (χ1n) is 9.47. The molecule has 0 aliphatic carbocycles.